The first kappa shape index (κ1) is 37.1. The number of anilines is 1. The summed E-state index contributed by atoms with van der Waals surface area (Å²) >= 11 is 1.98. The molecule has 0 aromatic heterocycles. The number of carbonyl (C=O) groups excluding carboxylic acids is 1. The second-order valence-electron chi connectivity index (χ2n) is 10.5. The van der Waals surface area contributed by atoms with Crippen molar-refractivity contribution >= 4 is 63.5 Å². The normalized spacial score (nSPS) is 12.7. The Kier molecular flexibility index (Phi) is 13.5. The van der Waals surface area contributed by atoms with E-state index < -0.39 is 68.4 Å². The van der Waals surface area contributed by atoms with E-state index in [9.17, 15) is 38.0 Å². The molecule has 1 rings (SSSR count). The second kappa shape index (κ2) is 15.0. The average Bonchev–Trinajstić information content (AvgIpc) is 2.76. The first-order chi connectivity index (χ1) is 18.6. The largest absolute Gasteiger partial charge is 0.475 e. The van der Waals surface area contributed by atoms with Crippen molar-refractivity contribution in [3.63, 3.8) is 0 Å². The lowest BCUT2D eigenvalue weighted by atomic mass is 10.1. The highest BCUT2D eigenvalue weighted by Crippen LogP contribution is 2.55. The van der Waals surface area contributed by atoms with E-state index in [1.165, 1.54) is 4.90 Å². The molecule has 1 aromatic rings. The Morgan fingerprint density at radius 1 is 1.02 bits per heavy atom. The highest BCUT2D eigenvalue weighted by atomic mass is 127. The molecule has 0 atom stereocenters. The van der Waals surface area contributed by atoms with Gasteiger partial charge in [-0.3, -0.25) is 42.8 Å². The Labute approximate surface area is 252 Å². The predicted octanol–water partition coefficient (Wildman–Crippen LogP) is 4.21. The molecule has 0 saturated heterocycles. The predicted molar refractivity (Wildman–Crippen MR) is 159 cm³/mol. The van der Waals surface area contributed by atoms with Crippen molar-refractivity contribution < 1.29 is 45.4 Å². The molecule has 1 N–H and O–H groups in total. The van der Waals surface area contributed by atoms with Gasteiger partial charge in [-0.2, -0.15) is 8.42 Å². The Bertz CT molecular complexity index is 1240. The van der Waals surface area contributed by atoms with E-state index in [-0.39, 0.29) is 31.9 Å². The van der Waals surface area contributed by atoms with Crippen LogP contribution in [-0.2, 0) is 32.4 Å². The highest BCUT2D eigenvalue weighted by molar-refractivity contribution is 14.1. The lowest BCUT2D eigenvalue weighted by molar-refractivity contribution is -0.393. The van der Waals surface area contributed by atoms with Gasteiger partial charge in [0.15, 0.2) is 0 Å². The van der Waals surface area contributed by atoms with Crippen molar-refractivity contribution in [2.24, 2.45) is 0 Å². The van der Waals surface area contributed by atoms with E-state index in [1.807, 2.05) is 22.6 Å². The molecular weight excluding hydrogens is 702 g/mol. The number of rotatable bonds is 16. The van der Waals surface area contributed by atoms with Crippen LogP contribution in [0, 0.1) is 20.2 Å². The fourth-order valence-corrected chi connectivity index (χ4v) is 6.01. The third-order valence-electron chi connectivity index (χ3n) is 4.46. The molecule has 0 fully saturated rings. The van der Waals surface area contributed by atoms with Crippen LogP contribution in [0.5, 0.6) is 0 Å². The van der Waals surface area contributed by atoms with Gasteiger partial charge in [0.25, 0.3) is 27.4 Å². The van der Waals surface area contributed by atoms with Crippen molar-refractivity contribution in [1.29, 1.82) is 0 Å². The van der Waals surface area contributed by atoms with Crippen LogP contribution < -0.4 is 10.2 Å². The quantitative estimate of drug-likeness (QED) is 0.0481. The Balaban J connectivity index is 3.35. The van der Waals surface area contributed by atoms with E-state index in [1.54, 1.807) is 41.5 Å². The first-order valence-corrected chi connectivity index (χ1v) is 16.9. The van der Waals surface area contributed by atoms with Gasteiger partial charge in [0.2, 0.25) is 0 Å². The van der Waals surface area contributed by atoms with Gasteiger partial charge < -0.3 is 10.2 Å². The number of benzene rings is 1. The summed E-state index contributed by atoms with van der Waals surface area (Å²) in [6.45, 7) is 8.80. The number of alkyl halides is 1. The van der Waals surface area contributed by atoms with Gasteiger partial charge >= 0.3 is 7.82 Å². The SMILES string of the molecule is CC(C)(C)OP(=O)(OCCNC(=O)c1cc([N+](=O)[O-])cc([N+](=O)[O-])c1N(CCI)CCOS(C)(=O)=O)OC(C)(C)C. The fraction of sp³-hybridized carbons (Fsp3) is 0.682. The minimum atomic E-state index is -4.10. The number of halogens is 1. The molecule has 0 saturated carbocycles. The van der Waals surface area contributed by atoms with Gasteiger partial charge in [-0.1, -0.05) is 22.6 Å². The van der Waals surface area contributed by atoms with E-state index >= 15 is 0 Å². The van der Waals surface area contributed by atoms with E-state index in [2.05, 4.69) is 5.32 Å². The summed E-state index contributed by atoms with van der Waals surface area (Å²) in [6.07, 6.45) is 0.836. The number of phosphoric ester groups is 1. The summed E-state index contributed by atoms with van der Waals surface area (Å²) in [7, 11) is -7.93. The fourth-order valence-electron chi connectivity index (χ4n) is 3.25. The molecular formula is C22H36IN4O12PS. The number of non-ortho nitro benzene ring substituents is 1. The van der Waals surface area contributed by atoms with Crippen LogP contribution in [0.3, 0.4) is 0 Å². The van der Waals surface area contributed by atoms with Gasteiger partial charge in [-0.05, 0) is 41.5 Å². The summed E-state index contributed by atoms with van der Waals surface area (Å²) in [6, 6.07) is 1.60. The van der Waals surface area contributed by atoms with E-state index in [0.29, 0.717) is 4.43 Å². The van der Waals surface area contributed by atoms with Crippen molar-refractivity contribution in [2.45, 2.75) is 52.7 Å². The summed E-state index contributed by atoms with van der Waals surface area (Å²) in [5.74, 6) is -0.929. The number of carbonyl (C=O) groups is 1. The summed E-state index contributed by atoms with van der Waals surface area (Å²) in [4.78, 5) is 36.3. The summed E-state index contributed by atoms with van der Waals surface area (Å²) in [5, 5.41) is 25.9. The maximum absolute atomic E-state index is 13.2. The topological polar surface area (TPSA) is 207 Å². The van der Waals surface area contributed by atoms with Crippen LogP contribution in [0.4, 0.5) is 17.1 Å². The monoisotopic (exact) mass is 738 g/mol. The smallest absolute Gasteiger partial charge is 0.362 e. The van der Waals surface area contributed by atoms with Crippen LogP contribution in [0.2, 0.25) is 0 Å². The lowest BCUT2D eigenvalue weighted by Gasteiger charge is -2.30. The molecule has 16 nitrogen and oxygen atoms in total. The number of nitro groups is 2. The molecule has 41 heavy (non-hydrogen) atoms. The number of hydrogen-bond donors (Lipinski definition) is 1. The standard InChI is InChI=1S/C22H36IN4O12PS/c1-21(2,3)38-40(33,39-22(4,5)6)36-12-9-24-20(28)17-14-16(26(29)30)15-18(27(31)32)19(17)25(10-8-23)11-13-37-41(7,34)35/h14-15H,8-13H2,1-7H3,(H,24,28). The Morgan fingerprint density at radius 3 is 2.02 bits per heavy atom. The number of nitrogens with zero attached hydrogens (tertiary/aromatic N) is 3. The van der Waals surface area contributed by atoms with E-state index in [0.717, 1.165) is 18.4 Å². The zero-order valence-electron chi connectivity index (χ0n) is 23.9. The Morgan fingerprint density at radius 2 is 1.59 bits per heavy atom. The second-order valence-corrected chi connectivity index (χ2v) is 14.8. The van der Waals surface area contributed by atoms with Crippen LogP contribution in [-0.4, -0.2) is 78.9 Å². The molecule has 0 heterocycles. The van der Waals surface area contributed by atoms with Crippen LogP contribution in [0.15, 0.2) is 12.1 Å². The third-order valence-corrected chi connectivity index (χ3v) is 7.58. The zero-order valence-corrected chi connectivity index (χ0v) is 27.7. The van der Waals surface area contributed by atoms with Crippen molar-refractivity contribution in [1.82, 2.24) is 5.32 Å². The first-order valence-electron chi connectivity index (χ1n) is 12.1. The number of amides is 1. The zero-order chi connectivity index (χ0) is 31.8. The van der Waals surface area contributed by atoms with Crippen LogP contribution in [0.1, 0.15) is 51.9 Å². The van der Waals surface area contributed by atoms with Crippen LogP contribution >= 0.6 is 30.4 Å². The van der Waals surface area contributed by atoms with Gasteiger partial charge in [0.05, 0.1) is 52.1 Å². The summed E-state index contributed by atoms with van der Waals surface area (Å²) in [5.41, 5.74) is -3.90. The highest BCUT2D eigenvalue weighted by Gasteiger charge is 2.37. The van der Waals surface area contributed by atoms with Crippen molar-refractivity contribution in [3.8, 4) is 0 Å². The van der Waals surface area contributed by atoms with Gasteiger partial charge in [0, 0.05) is 30.1 Å². The molecule has 0 bridgehead atoms. The van der Waals surface area contributed by atoms with Gasteiger partial charge in [0.1, 0.15) is 5.69 Å². The maximum atomic E-state index is 13.2. The van der Waals surface area contributed by atoms with Crippen molar-refractivity contribution in [3.05, 3.63) is 37.9 Å². The molecule has 0 spiro atoms. The Hall–Kier alpha value is -1.96. The summed E-state index contributed by atoms with van der Waals surface area (Å²) < 4.78 is 57.6. The molecule has 234 valence electrons. The molecule has 1 aromatic carbocycles. The maximum Gasteiger partial charge on any atom is 0.475 e. The number of nitro benzene ring substituents is 2. The average molecular weight is 738 g/mol. The molecule has 19 heteroatoms. The number of hydrogen-bond acceptors (Lipinski definition) is 13. The number of nitrogens with one attached hydrogen (secondary N) is 1. The minimum Gasteiger partial charge on any atom is -0.362 e. The van der Waals surface area contributed by atoms with Crippen molar-refractivity contribution in [2.75, 3.05) is 48.4 Å². The molecule has 0 aliphatic heterocycles. The van der Waals surface area contributed by atoms with Gasteiger partial charge in [-0.25, -0.2) is 4.57 Å². The molecule has 0 aliphatic rings. The third kappa shape index (κ3) is 13.7. The molecule has 0 unspecified atom stereocenters. The minimum absolute atomic E-state index is 0.118. The van der Waals surface area contributed by atoms with Crippen LogP contribution in [0.25, 0.3) is 0 Å². The molecule has 0 radical (unpaired) electrons. The molecule has 0 aliphatic carbocycles. The van der Waals surface area contributed by atoms with E-state index in [4.69, 9.17) is 17.8 Å². The number of phosphoric acid groups is 1. The lowest BCUT2D eigenvalue weighted by Crippen LogP contribution is -2.34. The molecule has 1 amide bonds. The van der Waals surface area contributed by atoms with Gasteiger partial charge in [-0.15, -0.1) is 0 Å².